The third-order valence-electron chi connectivity index (χ3n) is 3.09. The summed E-state index contributed by atoms with van der Waals surface area (Å²) in [4.78, 5) is 33.6. The number of aryl methyl sites for hydroxylation is 1. The molecule has 7 heteroatoms. The average Bonchev–Trinajstić information content (AvgIpc) is 2.44. The molecule has 1 aromatic carbocycles. The van der Waals surface area contributed by atoms with E-state index < -0.39 is 10.9 Å². The first-order chi connectivity index (χ1) is 10.3. The van der Waals surface area contributed by atoms with Gasteiger partial charge in [-0.25, -0.2) is 4.79 Å². The molecule has 0 aliphatic carbocycles. The number of nitro groups is 1. The van der Waals surface area contributed by atoms with E-state index in [2.05, 4.69) is 5.32 Å². The average molecular weight is 308 g/mol. The predicted molar refractivity (Wildman–Crippen MR) is 80.6 cm³/mol. The lowest BCUT2D eigenvalue weighted by atomic mass is 10.1. The molecular formula is C15H20N2O5. The first-order valence-electron chi connectivity index (χ1n) is 7.06. The molecule has 0 spiro atoms. The summed E-state index contributed by atoms with van der Waals surface area (Å²) in [5, 5.41) is 13.4. The van der Waals surface area contributed by atoms with Crippen LogP contribution in [0.15, 0.2) is 18.2 Å². The molecule has 1 amide bonds. The Balaban J connectivity index is 2.57. The molecule has 0 radical (unpaired) electrons. The number of hydrogen-bond acceptors (Lipinski definition) is 5. The Morgan fingerprint density at radius 1 is 1.41 bits per heavy atom. The van der Waals surface area contributed by atoms with E-state index in [1.807, 2.05) is 13.8 Å². The van der Waals surface area contributed by atoms with Gasteiger partial charge < -0.3 is 10.1 Å². The smallest absolute Gasteiger partial charge is 0.338 e. The summed E-state index contributed by atoms with van der Waals surface area (Å²) < 4.78 is 4.90. The molecule has 0 unspecified atom stereocenters. The van der Waals surface area contributed by atoms with Gasteiger partial charge >= 0.3 is 5.97 Å². The van der Waals surface area contributed by atoms with Crippen LogP contribution in [-0.4, -0.2) is 29.4 Å². The van der Waals surface area contributed by atoms with E-state index in [1.54, 1.807) is 0 Å². The molecule has 0 bridgehead atoms. The number of nitro benzene ring substituents is 1. The topological polar surface area (TPSA) is 98.5 Å². The molecule has 7 nitrogen and oxygen atoms in total. The number of amides is 1. The maximum absolute atomic E-state index is 11.8. The number of esters is 1. The number of nitrogens with one attached hydrogen (secondary N) is 1. The number of carbonyl (C=O) groups is 2. The van der Waals surface area contributed by atoms with E-state index in [9.17, 15) is 19.7 Å². The molecular weight excluding hydrogens is 288 g/mol. The lowest BCUT2D eigenvalue weighted by molar-refractivity contribution is -0.385. The van der Waals surface area contributed by atoms with E-state index in [0.717, 1.165) is 12.8 Å². The number of carbonyl (C=O) groups excluding carboxylic acids is 2. The first-order valence-corrected chi connectivity index (χ1v) is 7.06. The molecule has 1 rings (SSSR count). The Morgan fingerprint density at radius 2 is 2.09 bits per heavy atom. The summed E-state index contributed by atoms with van der Waals surface area (Å²) in [7, 11) is 0. The zero-order chi connectivity index (χ0) is 16.7. The summed E-state index contributed by atoms with van der Waals surface area (Å²) in [5.74, 6) is -1.05. The van der Waals surface area contributed by atoms with Crippen molar-refractivity contribution in [1.82, 2.24) is 5.32 Å². The van der Waals surface area contributed by atoms with E-state index in [0.29, 0.717) is 5.56 Å². The SMILES string of the molecule is CCC[C@@H](C)NC(=O)COC(=O)c1ccc([N+](=O)[O-])c(C)c1. The molecule has 0 saturated carbocycles. The maximum Gasteiger partial charge on any atom is 0.338 e. The Labute approximate surface area is 128 Å². The zero-order valence-corrected chi connectivity index (χ0v) is 12.9. The van der Waals surface area contributed by atoms with Crippen molar-refractivity contribution in [2.45, 2.75) is 39.7 Å². The standard InChI is InChI=1S/C15H20N2O5/c1-4-5-11(3)16-14(18)9-22-15(19)12-6-7-13(17(20)21)10(2)8-12/h6-8,11H,4-5,9H2,1-3H3,(H,16,18)/t11-/m1/s1. The highest BCUT2D eigenvalue weighted by Gasteiger charge is 2.16. The molecule has 0 aliphatic rings. The van der Waals surface area contributed by atoms with Crippen LogP contribution in [0.4, 0.5) is 5.69 Å². The van der Waals surface area contributed by atoms with Gasteiger partial charge in [0.05, 0.1) is 10.5 Å². The van der Waals surface area contributed by atoms with Crippen molar-refractivity contribution in [2.75, 3.05) is 6.61 Å². The maximum atomic E-state index is 11.8. The number of nitrogens with zero attached hydrogens (tertiary/aromatic N) is 1. The van der Waals surface area contributed by atoms with E-state index >= 15 is 0 Å². The highest BCUT2D eigenvalue weighted by atomic mass is 16.6. The number of ether oxygens (including phenoxy) is 1. The van der Waals surface area contributed by atoms with Crippen molar-refractivity contribution in [1.29, 1.82) is 0 Å². The first kappa shape index (κ1) is 17.6. The van der Waals surface area contributed by atoms with Crippen LogP contribution in [0.2, 0.25) is 0 Å². The molecule has 1 atom stereocenters. The monoisotopic (exact) mass is 308 g/mol. The molecule has 22 heavy (non-hydrogen) atoms. The Morgan fingerprint density at radius 3 is 2.64 bits per heavy atom. The zero-order valence-electron chi connectivity index (χ0n) is 12.9. The molecule has 0 aliphatic heterocycles. The fourth-order valence-electron chi connectivity index (χ4n) is 2.02. The summed E-state index contributed by atoms with van der Waals surface area (Å²) in [6.07, 6.45) is 1.80. The summed E-state index contributed by atoms with van der Waals surface area (Å²) in [6, 6.07) is 3.95. The second kappa shape index (κ2) is 8.11. The molecule has 0 heterocycles. The van der Waals surface area contributed by atoms with Gasteiger partial charge in [0.25, 0.3) is 11.6 Å². The largest absolute Gasteiger partial charge is 0.452 e. The lowest BCUT2D eigenvalue weighted by Gasteiger charge is -2.12. The summed E-state index contributed by atoms with van der Waals surface area (Å²) >= 11 is 0. The van der Waals surface area contributed by atoms with Crippen LogP contribution in [0.1, 0.15) is 42.6 Å². The van der Waals surface area contributed by atoms with Crippen LogP contribution >= 0.6 is 0 Å². The minimum absolute atomic E-state index is 0.0258. The van der Waals surface area contributed by atoms with Crippen molar-refractivity contribution < 1.29 is 19.2 Å². The van der Waals surface area contributed by atoms with Crippen LogP contribution in [0.25, 0.3) is 0 Å². The van der Waals surface area contributed by atoms with Gasteiger partial charge in [0, 0.05) is 17.7 Å². The van der Waals surface area contributed by atoms with Crippen molar-refractivity contribution in [3.63, 3.8) is 0 Å². The fraction of sp³-hybridized carbons (Fsp3) is 0.467. The second-order valence-corrected chi connectivity index (χ2v) is 5.09. The molecule has 0 aromatic heterocycles. The van der Waals surface area contributed by atoms with Gasteiger partial charge in [0.1, 0.15) is 0 Å². The van der Waals surface area contributed by atoms with Crippen molar-refractivity contribution in [3.05, 3.63) is 39.4 Å². The van der Waals surface area contributed by atoms with Gasteiger partial charge in [-0.15, -0.1) is 0 Å². The van der Waals surface area contributed by atoms with E-state index in [4.69, 9.17) is 4.74 Å². The number of hydrogen-bond donors (Lipinski definition) is 1. The van der Waals surface area contributed by atoms with Gasteiger partial charge in [-0.05, 0) is 32.4 Å². The minimum Gasteiger partial charge on any atom is -0.452 e. The van der Waals surface area contributed by atoms with Crippen LogP contribution in [-0.2, 0) is 9.53 Å². The molecule has 0 fully saturated rings. The predicted octanol–water partition coefficient (Wildman–Crippen LogP) is 2.36. The van der Waals surface area contributed by atoms with Crippen LogP contribution in [0.5, 0.6) is 0 Å². The molecule has 0 saturated heterocycles. The molecule has 1 aromatic rings. The summed E-state index contributed by atoms with van der Waals surface area (Å²) in [6.45, 7) is 5.06. The van der Waals surface area contributed by atoms with Gasteiger partial charge in [-0.2, -0.15) is 0 Å². The highest BCUT2D eigenvalue weighted by Crippen LogP contribution is 2.19. The molecule has 120 valence electrons. The summed E-state index contributed by atoms with van der Waals surface area (Å²) in [5.41, 5.74) is 0.473. The van der Waals surface area contributed by atoms with E-state index in [-0.39, 0.29) is 29.8 Å². The van der Waals surface area contributed by atoms with Gasteiger partial charge in [0.15, 0.2) is 6.61 Å². The Hall–Kier alpha value is -2.44. The Bertz CT molecular complexity index is 571. The fourth-order valence-corrected chi connectivity index (χ4v) is 2.02. The van der Waals surface area contributed by atoms with Crippen molar-refractivity contribution in [3.8, 4) is 0 Å². The lowest BCUT2D eigenvalue weighted by Crippen LogP contribution is -2.35. The van der Waals surface area contributed by atoms with E-state index in [1.165, 1.54) is 25.1 Å². The van der Waals surface area contributed by atoms with Crippen LogP contribution in [0.3, 0.4) is 0 Å². The third kappa shape index (κ3) is 5.16. The van der Waals surface area contributed by atoms with Gasteiger partial charge in [-0.3, -0.25) is 14.9 Å². The quantitative estimate of drug-likeness (QED) is 0.473. The van der Waals surface area contributed by atoms with Gasteiger partial charge in [0.2, 0.25) is 0 Å². The number of benzene rings is 1. The minimum atomic E-state index is -0.684. The normalized spacial score (nSPS) is 11.6. The van der Waals surface area contributed by atoms with Gasteiger partial charge in [-0.1, -0.05) is 13.3 Å². The second-order valence-electron chi connectivity index (χ2n) is 5.09. The van der Waals surface area contributed by atoms with Crippen LogP contribution < -0.4 is 5.32 Å². The van der Waals surface area contributed by atoms with Crippen molar-refractivity contribution in [2.24, 2.45) is 0 Å². The van der Waals surface area contributed by atoms with Crippen molar-refractivity contribution >= 4 is 17.6 Å². The third-order valence-corrected chi connectivity index (χ3v) is 3.09. The van der Waals surface area contributed by atoms with Crippen LogP contribution in [0, 0.1) is 17.0 Å². The highest BCUT2D eigenvalue weighted by molar-refractivity contribution is 5.91. The molecule has 1 N–H and O–H groups in total. The number of rotatable bonds is 7. The Kier molecular flexibility index (Phi) is 6.49.